The number of aromatic nitrogens is 3. The van der Waals surface area contributed by atoms with Crippen LogP contribution in [0.25, 0.3) is 10.8 Å². The molecule has 120 valence electrons. The Kier molecular flexibility index (Phi) is 4.21. The van der Waals surface area contributed by atoms with Gasteiger partial charge in [-0.05, 0) is 18.4 Å². The summed E-state index contributed by atoms with van der Waals surface area (Å²) in [5.74, 6) is 1.24. The fourth-order valence-electron chi connectivity index (χ4n) is 2.62. The molecule has 0 saturated carbocycles. The lowest BCUT2D eigenvalue weighted by atomic mass is 10.2. The molecule has 4 heterocycles. The molecule has 1 aliphatic heterocycles. The quantitative estimate of drug-likeness (QED) is 0.720. The standard InChI is InChI=1S/C15H16N4O2S2/c1-10(13-17-18-14(21-13)12-3-2-7-22-12)19-5-6-20-11(9-19)15-16-4-8-23-15/h2-4,7-8,10-11H,5-6,9H2,1H3/t10-,11+/m0/s1. The summed E-state index contributed by atoms with van der Waals surface area (Å²) in [6.45, 7) is 4.40. The second-order valence-electron chi connectivity index (χ2n) is 5.32. The number of rotatable bonds is 4. The first kappa shape index (κ1) is 14.9. The van der Waals surface area contributed by atoms with E-state index in [1.165, 1.54) is 0 Å². The maximum absolute atomic E-state index is 5.86. The van der Waals surface area contributed by atoms with E-state index in [4.69, 9.17) is 9.15 Å². The van der Waals surface area contributed by atoms with Crippen LogP contribution < -0.4 is 0 Å². The van der Waals surface area contributed by atoms with Gasteiger partial charge in [0.25, 0.3) is 5.89 Å². The maximum Gasteiger partial charge on any atom is 0.257 e. The van der Waals surface area contributed by atoms with Gasteiger partial charge in [0, 0.05) is 24.7 Å². The number of nitrogens with zero attached hydrogens (tertiary/aromatic N) is 4. The maximum atomic E-state index is 5.86. The molecule has 6 nitrogen and oxygen atoms in total. The van der Waals surface area contributed by atoms with Crippen LogP contribution in [0.2, 0.25) is 0 Å². The summed E-state index contributed by atoms with van der Waals surface area (Å²) >= 11 is 3.23. The Morgan fingerprint density at radius 3 is 3.04 bits per heavy atom. The van der Waals surface area contributed by atoms with Crippen LogP contribution >= 0.6 is 22.7 Å². The van der Waals surface area contributed by atoms with Crippen LogP contribution in [0.15, 0.2) is 33.5 Å². The molecule has 3 aromatic rings. The fourth-order valence-corrected chi connectivity index (χ4v) is 3.94. The summed E-state index contributed by atoms with van der Waals surface area (Å²) < 4.78 is 11.7. The van der Waals surface area contributed by atoms with Crippen molar-refractivity contribution in [3.63, 3.8) is 0 Å². The summed E-state index contributed by atoms with van der Waals surface area (Å²) in [5.41, 5.74) is 0. The Bertz CT molecular complexity index is 741. The molecule has 0 unspecified atom stereocenters. The van der Waals surface area contributed by atoms with E-state index in [-0.39, 0.29) is 12.1 Å². The summed E-state index contributed by atoms with van der Waals surface area (Å²) in [6.07, 6.45) is 1.84. The molecule has 0 aromatic carbocycles. The van der Waals surface area contributed by atoms with Crippen LogP contribution in [-0.2, 0) is 4.74 Å². The first-order chi connectivity index (χ1) is 11.3. The first-order valence-electron chi connectivity index (χ1n) is 7.43. The van der Waals surface area contributed by atoms with Crippen molar-refractivity contribution in [3.05, 3.63) is 40.0 Å². The Morgan fingerprint density at radius 1 is 1.30 bits per heavy atom. The summed E-state index contributed by atoms with van der Waals surface area (Å²) in [6, 6.07) is 4.02. The van der Waals surface area contributed by atoms with Gasteiger partial charge in [0.2, 0.25) is 5.89 Å². The molecule has 0 amide bonds. The number of ether oxygens (including phenoxy) is 1. The number of morpholine rings is 1. The van der Waals surface area contributed by atoms with Gasteiger partial charge < -0.3 is 9.15 Å². The predicted octanol–water partition coefficient (Wildman–Crippen LogP) is 3.39. The van der Waals surface area contributed by atoms with Crippen molar-refractivity contribution in [3.8, 4) is 10.8 Å². The van der Waals surface area contributed by atoms with Gasteiger partial charge in [0.05, 0.1) is 17.5 Å². The second kappa shape index (κ2) is 6.48. The van der Waals surface area contributed by atoms with Crippen LogP contribution in [0.3, 0.4) is 0 Å². The average Bonchev–Trinajstić information content (AvgIpc) is 3.36. The van der Waals surface area contributed by atoms with Crippen molar-refractivity contribution in [2.75, 3.05) is 19.7 Å². The molecular formula is C15H16N4O2S2. The van der Waals surface area contributed by atoms with Crippen molar-refractivity contribution >= 4 is 22.7 Å². The zero-order valence-electron chi connectivity index (χ0n) is 12.6. The lowest BCUT2D eigenvalue weighted by Crippen LogP contribution is -2.39. The lowest BCUT2D eigenvalue weighted by molar-refractivity contribution is -0.0464. The van der Waals surface area contributed by atoms with Gasteiger partial charge in [-0.3, -0.25) is 4.90 Å². The molecule has 2 atom stereocenters. The molecule has 23 heavy (non-hydrogen) atoms. The number of hydrogen-bond acceptors (Lipinski definition) is 8. The van der Waals surface area contributed by atoms with E-state index in [1.54, 1.807) is 22.7 Å². The van der Waals surface area contributed by atoms with Gasteiger partial charge in [0.15, 0.2) is 0 Å². The first-order valence-corrected chi connectivity index (χ1v) is 9.19. The summed E-state index contributed by atoms with van der Waals surface area (Å²) in [4.78, 5) is 7.67. The van der Waals surface area contributed by atoms with Crippen molar-refractivity contribution in [2.24, 2.45) is 0 Å². The molecule has 0 radical (unpaired) electrons. The van der Waals surface area contributed by atoms with E-state index in [0.717, 1.165) is 23.0 Å². The highest BCUT2D eigenvalue weighted by atomic mass is 32.1. The highest BCUT2D eigenvalue weighted by Gasteiger charge is 2.29. The summed E-state index contributed by atoms with van der Waals surface area (Å²) in [7, 11) is 0. The van der Waals surface area contributed by atoms with Crippen LogP contribution in [0.4, 0.5) is 0 Å². The van der Waals surface area contributed by atoms with E-state index in [9.17, 15) is 0 Å². The minimum absolute atomic E-state index is 0.0193. The molecule has 1 fully saturated rings. The van der Waals surface area contributed by atoms with Gasteiger partial charge in [-0.1, -0.05) is 6.07 Å². The largest absolute Gasteiger partial charge is 0.418 e. The molecule has 0 bridgehead atoms. The monoisotopic (exact) mass is 348 g/mol. The molecule has 0 N–H and O–H groups in total. The van der Waals surface area contributed by atoms with Crippen LogP contribution in [0.5, 0.6) is 0 Å². The topological polar surface area (TPSA) is 64.3 Å². The number of thiazole rings is 1. The van der Waals surface area contributed by atoms with Crippen LogP contribution in [0, 0.1) is 0 Å². The van der Waals surface area contributed by atoms with Crippen LogP contribution in [0.1, 0.15) is 30.0 Å². The van der Waals surface area contributed by atoms with Crippen LogP contribution in [-0.4, -0.2) is 39.8 Å². The smallest absolute Gasteiger partial charge is 0.257 e. The predicted molar refractivity (Wildman–Crippen MR) is 88.4 cm³/mol. The normalized spacial score (nSPS) is 20.7. The van der Waals surface area contributed by atoms with Crippen molar-refractivity contribution in [2.45, 2.75) is 19.1 Å². The number of hydrogen-bond donors (Lipinski definition) is 0. The fraction of sp³-hybridized carbons (Fsp3) is 0.400. The van der Waals surface area contributed by atoms with E-state index >= 15 is 0 Å². The Morgan fingerprint density at radius 2 is 2.26 bits per heavy atom. The Labute approximate surface area is 141 Å². The Hall–Kier alpha value is -1.61. The summed E-state index contributed by atoms with van der Waals surface area (Å²) in [5, 5.41) is 13.4. The highest BCUT2D eigenvalue weighted by Crippen LogP contribution is 2.30. The Balaban J connectivity index is 1.49. The highest BCUT2D eigenvalue weighted by molar-refractivity contribution is 7.13. The van der Waals surface area contributed by atoms with Crippen molar-refractivity contribution in [1.29, 1.82) is 0 Å². The third-order valence-electron chi connectivity index (χ3n) is 3.90. The third kappa shape index (κ3) is 3.07. The van der Waals surface area contributed by atoms with Gasteiger partial charge in [-0.25, -0.2) is 4.98 Å². The lowest BCUT2D eigenvalue weighted by Gasteiger charge is -2.34. The zero-order valence-corrected chi connectivity index (χ0v) is 14.2. The molecule has 0 spiro atoms. The number of thiophene rings is 1. The van der Waals surface area contributed by atoms with E-state index < -0.39 is 0 Å². The minimum atomic E-state index is 0.0193. The molecule has 1 saturated heterocycles. The second-order valence-corrected chi connectivity index (χ2v) is 7.20. The average molecular weight is 348 g/mol. The molecule has 3 aromatic heterocycles. The van der Waals surface area contributed by atoms with Gasteiger partial charge in [-0.2, -0.15) is 0 Å². The molecule has 8 heteroatoms. The van der Waals surface area contributed by atoms with Gasteiger partial charge in [0.1, 0.15) is 11.1 Å². The molecule has 0 aliphatic carbocycles. The molecule has 1 aliphatic rings. The molecular weight excluding hydrogens is 332 g/mol. The third-order valence-corrected chi connectivity index (χ3v) is 5.63. The van der Waals surface area contributed by atoms with Crippen molar-refractivity contribution in [1.82, 2.24) is 20.1 Å². The zero-order chi connectivity index (χ0) is 15.6. The van der Waals surface area contributed by atoms with E-state index in [1.807, 2.05) is 29.1 Å². The SMILES string of the molecule is C[C@@H](c1nnc(-c2cccs2)o1)N1CCO[C@@H](c2nccs2)C1. The van der Waals surface area contributed by atoms with Crippen molar-refractivity contribution < 1.29 is 9.15 Å². The minimum Gasteiger partial charge on any atom is -0.418 e. The van der Waals surface area contributed by atoms with E-state index in [2.05, 4.69) is 27.0 Å². The van der Waals surface area contributed by atoms with E-state index in [0.29, 0.717) is 18.4 Å². The van der Waals surface area contributed by atoms with Gasteiger partial charge >= 0.3 is 0 Å². The molecule has 4 rings (SSSR count). The van der Waals surface area contributed by atoms with Gasteiger partial charge in [-0.15, -0.1) is 32.9 Å².